The Morgan fingerprint density at radius 2 is 2.41 bits per heavy atom. The minimum absolute atomic E-state index is 0.300. The molecule has 1 aromatic rings. The van der Waals surface area contributed by atoms with Crippen LogP contribution in [0.4, 0.5) is 0 Å². The Hall–Kier alpha value is -0.620. The van der Waals surface area contributed by atoms with Gasteiger partial charge in [0, 0.05) is 12.4 Å². The van der Waals surface area contributed by atoms with Gasteiger partial charge >= 0.3 is 0 Å². The predicted molar refractivity (Wildman–Crippen MR) is 67.0 cm³/mol. The molecule has 96 valence electrons. The van der Waals surface area contributed by atoms with Crippen molar-refractivity contribution in [3.63, 3.8) is 0 Å². The van der Waals surface area contributed by atoms with E-state index >= 15 is 0 Å². The van der Waals surface area contributed by atoms with Crippen molar-refractivity contribution in [2.75, 3.05) is 12.4 Å². The number of unbranched alkanes of at least 4 members (excludes halogenated alkanes) is 2. The van der Waals surface area contributed by atoms with E-state index in [0.717, 1.165) is 36.9 Å². The molecule has 0 amide bonds. The number of tetrazole rings is 1. The molecule has 1 atom stereocenters. The number of nitrogens with zero attached hydrogens (tertiary/aromatic N) is 4. The third kappa shape index (κ3) is 3.96. The van der Waals surface area contributed by atoms with Crippen LogP contribution in [0.3, 0.4) is 0 Å². The minimum Gasteiger partial charge on any atom is -0.376 e. The first-order valence-corrected chi connectivity index (χ1v) is 7.39. The van der Waals surface area contributed by atoms with Gasteiger partial charge in [-0.1, -0.05) is 31.5 Å². The lowest BCUT2D eigenvalue weighted by atomic mass is 10.2. The van der Waals surface area contributed by atoms with E-state index in [0.29, 0.717) is 6.10 Å². The highest BCUT2D eigenvalue weighted by molar-refractivity contribution is 7.99. The summed E-state index contributed by atoms with van der Waals surface area (Å²) in [6, 6.07) is 0. The quantitative estimate of drug-likeness (QED) is 0.552. The van der Waals surface area contributed by atoms with Crippen LogP contribution in [0.2, 0.25) is 0 Å². The Balaban J connectivity index is 1.79. The smallest absolute Gasteiger partial charge is 0.209 e. The van der Waals surface area contributed by atoms with Crippen molar-refractivity contribution in [3.05, 3.63) is 0 Å². The van der Waals surface area contributed by atoms with Crippen molar-refractivity contribution < 1.29 is 4.74 Å². The van der Waals surface area contributed by atoms with Gasteiger partial charge in [0.25, 0.3) is 0 Å². The van der Waals surface area contributed by atoms with Gasteiger partial charge in [-0.05, 0) is 29.7 Å². The highest BCUT2D eigenvalue weighted by atomic mass is 32.2. The Morgan fingerprint density at radius 3 is 3.18 bits per heavy atom. The van der Waals surface area contributed by atoms with Gasteiger partial charge in [0.2, 0.25) is 5.16 Å². The Labute approximate surface area is 106 Å². The Kier molecular flexibility index (Phi) is 5.25. The topological polar surface area (TPSA) is 52.8 Å². The molecule has 0 aromatic carbocycles. The second-order valence-electron chi connectivity index (χ2n) is 4.33. The van der Waals surface area contributed by atoms with Crippen LogP contribution in [0.15, 0.2) is 5.16 Å². The molecule has 0 aliphatic carbocycles. The third-order valence-corrected chi connectivity index (χ3v) is 3.92. The molecule has 1 saturated heterocycles. The average molecular weight is 256 g/mol. The fourth-order valence-electron chi connectivity index (χ4n) is 1.91. The molecule has 1 unspecified atom stereocenters. The zero-order chi connectivity index (χ0) is 11.9. The van der Waals surface area contributed by atoms with Gasteiger partial charge < -0.3 is 4.74 Å². The number of aromatic nitrogens is 4. The average Bonchev–Trinajstić information content (AvgIpc) is 2.97. The summed E-state index contributed by atoms with van der Waals surface area (Å²) in [5, 5.41) is 12.8. The molecule has 1 fully saturated rings. The summed E-state index contributed by atoms with van der Waals surface area (Å²) in [5.41, 5.74) is 0. The lowest BCUT2D eigenvalue weighted by Crippen LogP contribution is -2.16. The van der Waals surface area contributed by atoms with Crippen molar-refractivity contribution in [1.29, 1.82) is 0 Å². The van der Waals surface area contributed by atoms with Gasteiger partial charge in [-0.25, -0.2) is 4.68 Å². The summed E-state index contributed by atoms with van der Waals surface area (Å²) >= 11 is 1.75. The van der Waals surface area contributed by atoms with E-state index in [1.807, 2.05) is 4.68 Å². The number of thioether (sulfide) groups is 1. The van der Waals surface area contributed by atoms with Crippen LogP contribution < -0.4 is 0 Å². The summed E-state index contributed by atoms with van der Waals surface area (Å²) in [6.45, 7) is 3.89. The maximum absolute atomic E-state index is 5.60. The van der Waals surface area contributed by atoms with Gasteiger partial charge in [0.15, 0.2) is 0 Å². The number of rotatable bonds is 7. The molecule has 2 heterocycles. The fourth-order valence-corrected chi connectivity index (χ4v) is 2.80. The first kappa shape index (κ1) is 12.8. The molecule has 0 radical (unpaired) electrons. The van der Waals surface area contributed by atoms with Gasteiger partial charge in [-0.3, -0.25) is 0 Å². The van der Waals surface area contributed by atoms with E-state index in [2.05, 4.69) is 22.4 Å². The number of hydrogen-bond donors (Lipinski definition) is 0. The van der Waals surface area contributed by atoms with Crippen molar-refractivity contribution in [2.45, 2.75) is 56.8 Å². The van der Waals surface area contributed by atoms with Gasteiger partial charge in [0.1, 0.15) is 0 Å². The zero-order valence-electron chi connectivity index (χ0n) is 10.3. The van der Waals surface area contributed by atoms with Crippen molar-refractivity contribution in [2.24, 2.45) is 0 Å². The second kappa shape index (κ2) is 6.96. The van der Waals surface area contributed by atoms with Crippen LogP contribution in [0.1, 0.15) is 39.0 Å². The second-order valence-corrected chi connectivity index (χ2v) is 5.40. The number of hydrogen-bond acceptors (Lipinski definition) is 5. The highest BCUT2D eigenvalue weighted by Gasteiger charge is 2.18. The summed E-state index contributed by atoms with van der Waals surface area (Å²) in [6.07, 6.45) is 6.34. The molecule has 1 aliphatic heterocycles. The predicted octanol–water partition coefficient (Wildman–Crippen LogP) is 2.13. The minimum atomic E-state index is 0.300. The SMILES string of the molecule is CCCCCSc1nnnn1CC1CCCO1. The van der Waals surface area contributed by atoms with E-state index in [-0.39, 0.29) is 0 Å². The van der Waals surface area contributed by atoms with Gasteiger partial charge in [0.05, 0.1) is 12.6 Å². The Bertz CT molecular complexity index is 325. The van der Waals surface area contributed by atoms with Crippen LogP contribution in [-0.4, -0.2) is 38.7 Å². The molecule has 6 heteroatoms. The van der Waals surface area contributed by atoms with Crippen LogP contribution in [0, 0.1) is 0 Å². The standard InChI is InChI=1S/C11H20N4OS/c1-2-3-4-8-17-11-12-13-14-15(11)9-10-6-5-7-16-10/h10H,2-9H2,1H3. The maximum atomic E-state index is 5.60. The van der Waals surface area contributed by atoms with Gasteiger partial charge in [-0.15, -0.1) is 5.10 Å². The van der Waals surface area contributed by atoms with Crippen molar-refractivity contribution >= 4 is 11.8 Å². The third-order valence-electron chi connectivity index (χ3n) is 2.88. The van der Waals surface area contributed by atoms with E-state index < -0.39 is 0 Å². The summed E-state index contributed by atoms with van der Waals surface area (Å²) in [4.78, 5) is 0. The van der Waals surface area contributed by atoms with Crippen LogP contribution in [0.5, 0.6) is 0 Å². The van der Waals surface area contributed by atoms with Crippen molar-refractivity contribution in [1.82, 2.24) is 20.2 Å². The first-order chi connectivity index (χ1) is 8.40. The van der Waals surface area contributed by atoms with Gasteiger partial charge in [-0.2, -0.15) is 0 Å². The molecular weight excluding hydrogens is 236 g/mol. The monoisotopic (exact) mass is 256 g/mol. The molecule has 17 heavy (non-hydrogen) atoms. The molecular formula is C11H20N4OS. The summed E-state index contributed by atoms with van der Waals surface area (Å²) in [7, 11) is 0. The molecule has 0 bridgehead atoms. The fraction of sp³-hybridized carbons (Fsp3) is 0.909. The van der Waals surface area contributed by atoms with Crippen LogP contribution in [-0.2, 0) is 11.3 Å². The maximum Gasteiger partial charge on any atom is 0.209 e. The van der Waals surface area contributed by atoms with Crippen LogP contribution in [0.25, 0.3) is 0 Å². The van der Waals surface area contributed by atoms with E-state index in [4.69, 9.17) is 4.74 Å². The van der Waals surface area contributed by atoms with E-state index in [1.165, 1.54) is 19.3 Å². The summed E-state index contributed by atoms with van der Waals surface area (Å²) < 4.78 is 7.48. The molecule has 1 aliphatic rings. The molecule has 1 aromatic heterocycles. The highest BCUT2D eigenvalue weighted by Crippen LogP contribution is 2.19. The lowest BCUT2D eigenvalue weighted by Gasteiger charge is -2.09. The van der Waals surface area contributed by atoms with E-state index in [1.54, 1.807) is 11.8 Å². The normalized spacial score (nSPS) is 19.9. The molecule has 0 saturated carbocycles. The lowest BCUT2D eigenvalue weighted by molar-refractivity contribution is 0.0912. The number of ether oxygens (including phenoxy) is 1. The molecule has 0 N–H and O–H groups in total. The molecule has 2 rings (SSSR count). The van der Waals surface area contributed by atoms with Crippen LogP contribution >= 0.6 is 11.8 Å². The zero-order valence-corrected chi connectivity index (χ0v) is 11.2. The molecule has 5 nitrogen and oxygen atoms in total. The van der Waals surface area contributed by atoms with E-state index in [9.17, 15) is 0 Å². The Morgan fingerprint density at radius 1 is 1.47 bits per heavy atom. The van der Waals surface area contributed by atoms with Crippen molar-refractivity contribution in [3.8, 4) is 0 Å². The largest absolute Gasteiger partial charge is 0.376 e. The summed E-state index contributed by atoms with van der Waals surface area (Å²) in [5.74, 6) is 1.10. The first-order valence-electron chi connectivity index (χ1n) is 6.40. The molecule has 0 spiro atoms.